The molecule has 0 spiro atoms. The molecule has 0 aliphatic heterocycles. The zero-order valence-electron chi connectivity index (χ0n) is 7.19. The first kappa shape index (κ1) is 9.99. The van der Waals surface area contributed by atoms with Crippen LogP contribution in [-0.2, 0) is 17.9 Å². The van der Waals surface area contributed by atoms with Gasteiger partial charge in [-0.2, -0.15) is 0 Å². The van der Waals surface area contributed by atoms with Crippen molar-refractivity contribution in [1.82, 2.24) is 5.32 Å². The Kier molecular flexibility index (Phi) is 4.01. The standard InChI is InChI=1S/C8H12ClNOS/c1-10-4-7-3-6(5-11-2)8(9)12-7/h3,10H,4-5H2,1-2H3. The molecule has 0 radical (unpaired) electrons. The molecule has 1 rings (SSSR count). The van der Waals surface area contributed by atoms with Crippen molar-refractivity contribution in [1.29, 1.82) is 0 Å². The number of rotatable bonds is 4. The summed E-state index contributed by atoms with van der Waals surface area (Å²) in [5.74, 6) is 0. The van der Waals surface area contributed by atoms with Gasteiger partial charge in [0.15, 0.2) is 0 Å². The number of thiophene rings is 1. The number of halogens is 1. The largest absolute Gasteiger partial charge is 0.380 e. The average Bonchev–Trinajstić information content (AvgIpc) is 2.34. The Hall–Kier alpha value is -0.0900. The van der Waals surface area contributed by atoms with E-state index in [9.17, 15) is 0 Å². The first-order chi connectivity index (χ1) is 5.77. The summed E-state index contributed by atoms with van der Waals surface area (Å²) < 4.78 is 5.84. The summed E-state index contributed by atoms with van der Waals surface area (Å²) in [7, 11) is 3.59. The number of ether oxygens (including phenoxy) is 1. The lowest BCUT2D eigenvalue weighted by atomic mass is 10.3. The van der Waals surface area contributed by atoms with E-state index in [1.165, 1.54) is 4.88 Å². The number of hydrogen-bond acceptors (Lipinski definition) is 3. The molecule has 0 saturated heterocycles. The summed E-state index contributed by atoms with van der Waals surface area (Å²) in [6.45, 7) is 1.47. The Labute approximate surface area is 81.5 Å². The Morgan fingerprint density at radius 1 is 1.67 bits per heavy atom. The first-order valence-corrected chi connectivity index (χ1v) is 4.88. The molecular weight excluding hydrogens is 194 g/mol. The van der Waals surface area contributed by atoms with E-state index in [1.54, 1.807) is 18.4 Å². The lowest BCUT2D eigenvalue weighted by Crippen LogP contribution is -2.02. The van der Waals surface area contributed by atoms with Gasteiger partial charge in [0.1, 0.15) is 0 Å². The van der Waals surface area contributed by atoms with E-state index < -0.39 is 0 Å². The maximum atomic E-state index is 5.97. The summed E-state index contributed by atoms with van der Waals surface area (Å²) >= 11 is 7.57. The van der Waals surface area contributed by atoms with Gasteiger partial charge in [-0.25, -0.2) is 0 Å². The maximum absolute atomic E-state index is 5.97. The predicted octanol–water partition coefficient (Wildman–Crippen LogP) is 2.27. The van der Waals surface area contributed by atoms with Crippen LogP contribution >= 0.6 is 22.9 Å². The summed E-state index contributed by atoms with van der Waals surface area (Å²) in [4.78, 5) is 1.24. The molecule has 1 N–H and O–H groups in total. The summed E-state index contributed by atoms with van der Waals surface area (Å²) in [6, 6.07) is 2.08. The highest BCUT2D eigenvalue weighted by molar-refractivity contribution is 7.16. The molecule has 1 aromatic rings. The number of nitrogens with one attached hydrogen (secondary N) is 1. The molecule has 0 aliphatic rings. The molecule has 2 nitrogen and oxygen atoms in total. The van der Waals surface area contributed by atoms with Crippen LogP contribution in [0.1, 0.15) is 10.4 Å². The Bertz CT molecular complexity index is 249. The molecule has 0 bridgehead atoms. The maximum Gasteiger partial charge on any atom is 0.0986 e. The van der Waals surface area contributed by atoms with Crippen LogP contribution in [0.15, 0.2) is 6.07 Å². The first-order valence-electron chi connectivity index (χ1n) is 3.68. The average molecular weight is 206 g/mol. The molecule has 68 valence electrons. The summed E-state index contributed by atoms with van der Waals surface area (Å²) in [6.07, 6.45) is 0. The van der Waals surface area contributed by atoms with Crippen molar-refractivity contribution in [2.24, 2.45) is 0 Å². The fourth-order valence-electron chi connectivity index (χ4n) is 0.976. The van der Waals surface area contributed by atoms with Crippen LogP contribution in [0.5, 0.6) is 0 Å². The fourth-order valence-corrected chi connectivity index (χ4v) is 2.28. The minimum absolute atomic E-state index is 0.596. The smallest absolute Gasteiger partial charge is 0.0986 e. The van der Waals surface area contributed by atoms with Crippen LogP contribution in [0.25, 0.3) is 0 Å². The molecule has 12 heavy (non-hydrogen) atoms. The second-order valence-electron chi connectivity index (χ2n) is 2.47. The topological polar surface area (TPSA) is 21.3 Å². The third-order valence-electron chi connectivity index (χ3n) is 1.46. The van der Waals surface area contributed by atoms with Gasteiger partial charge in [0.2, 0.25) is 0 Å². The van der Waals surface area contributed by atoms with Crippen molar-refractivity contribution in [3.63, 3.8) is 0 Å². The van der Waals surface area contributed by atoms with Crippen molar-refractivity contribution < 1.29 is 4.74 Å². The highest BCUT2D eigenvalue weighted by atomic mass is 35.5. The van der Waals surface area contributed by atoms with Gasteiger partial charge in [-0.15, -0.1) is 11.3 Å². The van der Waals surface area contributed by atoms with E-state index in [-0.39, 0.29) is 0 Å². The van der Waals surface area contributed by atoms with Crippen LogP contribution in [0, 0.1) is 0 Å². The quantitative estimate of drug-likeness (QED) is 0.815. The minimum atomic E-state index is 0.596. The van der Waals surface area contributed by atoms with Gasteiger partial charge in [0, 0.05) is 24.1 Å². The van der Waals surface area contributed by atoms with Crippen LogP contribution in [-0.4, -0.2) is 14.2 Å². The van der Waals surface area contributed by atoms with E-state index >= 15 is 0 Å². The van der Waals surface area contributed by atoms with E-state index in [1.807, 2.05) is 7.05 Å². The molecule has 1 heterocycles. The number of hydrogen-bond donors (Lipinski definition) is 1. The third-order valence-corrected chi connectivity index (χ3v) is 2.90. The third kappa shape index (κ3) is 2.45. The second kappa shape index (κ2) is 4.82. The lowest BCUT2D eigenvalue weighted by molar-refractivity contribution is 0.185. The Balaban J connectivity index is 2.70. The predicted molar refractivity (Wildman–Crippen MR) is 52.8 cm³/mol. The second-order valence-corrected chi connectivity index (χ2v) is 4.21. The Morgan fingerprint density at radius 3 is 3.00 bits per heavy atom. The zero-order chi connectivity index (χ0) is 8.97. The van der Waals surface area contributed by atoms with Crippen LogP contribution in [0.2, 0.25) is 4.34 Å². The molecule has 1 aromatic heterocycles. The van der Waals surface area contributed by atoms with Gasteiger partial charge < -0.3 is 10.1 Å². The van der Waals surface area contributed by atoms with Gasteiger partial charge in [0.05, 0.1) is 10.9 Å². The molecule has 0 fully saturated rings. The van der Waals surface area contributed by atoms with Crippen LogP contribution in [0.3, 0.4) is 0 Å². The zero-order valence-corrected chi connectivity index (χ0v) is 8.76. The molecule has 0 aromatic carbocycles. The van der Waals surface area contributed by atoms with Gasteiger partial charge in [-0.1, -0.05) is 11.6 Å². The highest BCUT2D eigenvalue weighted by Crippen LogP contribution is 2.27. The molecule has 0 saturated carbocycles. The summed E-state index contributed by atoms with van der Waals surface area (Å²) in [5, 5.41) is 3.08. The van der Waals surface area contributed by atoms with Crippen LogP contribution < -0.4 is 5.32 Å². The summed E-state index contributed by atoms with van der Waals surface area (Å²) in [5.41, 5.74) is 1.08. The van der Waals surface area contributed by atoms with E-state index in [4.69, 9.17) is 16.3 Å². The van der Waals surface area contributed by atoms with Crippen molar-refractivity contribution in [2.75, 3.05) is 14.2 Å². The molecule has 0 unspecified atom stereocenters. The van der Waals surface area contributed by atoms with Crippen molar-refractivity contribution >= 4 is 22.9 Å². The molecule has 0 aliphatic carbocycles. The normalized spacial score (nSPS) is 10.6. The Morgan fingerprint density at radius 2 is 2.42 bits per heavy atom. The van der Waals surface area contributed by atoms with Crippen LogP contribution in [0.4, 0.5) is 0 Å². The SMILES string of the molecule is CNCc1cc(COC)c(Cl)s1. The van der Waals surface area contributed by atoms with E-state index in [2.05, 4.69) is 11.4 Å². The number of methoxy groups -OCH3 is 1. The van der Waals surface area contributed by atoms with E-state index in [0.29, 0.717) is 6.61 Å². The van der Waals surface area contributed by atoms with Gasteiger partial charge in [-0.05, 0) is 13.1 Å². The lowest BCUT2D eigenvalue weighted by Gasteiger charge is -1.93. The van der Waals surface area contributed by atoms with Crippen molar-refractivity contribution in [2.45, 2.75) is 13.2 Å². The fraction of sp³-hybridized carbons (Fsp3) is 0.500. The van der Waals surface area contributed by atoms with Crippen molar-refractivity contribution in [3.05, 3.63) is 20.8 Å². The minimum Gasteiger partial charge on any atom is -0.380 e. The molecule has 4 heteroatoms. The molecular formula is C8H12ClNOS. The molecule has 0 amide bonds. The van der Waals surface area contributed by atoms with Gasteiger partial charge >= 0.3 is 0 Å². The van der Waals surface area contributed by atoms with Gasteiger partial charge in [-0.3, -0.25) is 0 Å². The van der Waals surface area contributed by atoms with E-state index in [0.717, 1.165) is 16.4 Å². The highest BCUT2D eigenvalue weighted by Gasteiger charge is 2.05. The monoisotopic (exact) mass is 205 g/mol. The van der Waals surface area contributed by atoms with Crippen molar-refractivity contribution in [3.8, 4) is 0 Å². The van der Waals surface area contributed by atoms with Gasteiger partial charge in [0.25, 0.3) is 0 Å². The molecule has 0 atom stereocenters.